The van der Waals surface area contributed by atoms with Gasteiger partial charge in [-0.1, -0.05) is 16.9 Å². The Hall–Kier alpha value is -2.08. The SMILES string of the molecule is CO/N=C(\C)c1ccc(OC)c(CSc2ncccn2)c1. The third-order valence-electron chi connectivity index (χ3n) is 2.83. The lowest BCUT2D eigenvalue weighted by molar-refractivity contribution is 0.213. The van der Waals surface area contributed by atoms with Gasteiger partial charge in [-0.2, -0.15) is 0 Å². The summed E-state index contributed by atoms with van der Waals surface area (Å²) in [5.74, 6) is 1.56. The molecule has 1 aromatic carbocycles. The van der Waals surface area contributed by atoms with Crippen molar-refractivity contribution in [3.63, 3.8) is 0 Å². The number of ether oxygens (including phenoxy) is 1. The maximum atomic E-state index is 5.40. The standard InChI is InChI=1S/C15H17N3O2S/c1-11(18-20-3)12-5-6-14(19-2)13(9-12)10-21-15-16-7-4-8-17-15/h4-9H,10H2,1-3H3/b18-11+. The predicted molar refractivity (Wildman–Crippen MR) is 83.8 cm³/mol. The minimum absolute atomic E-state index is 0.724. The Balaban J connectivity index is 2.20. The van der Waals surface area contributed by atoms with E-state index >= 15 is 0 Å². The molecule has 110 valence electrons. The lowest BCUT2D eigenvalue weighted by atomic mass is 10.1. The Labute approximate surface area is 128 Å². The molecule has 0 unspecified atom stereocenters. The van der Waals surface area contributed by atoms with Gasteiger partial charge in [0.05, 0.1) is 12.8 Å². The van der Waals surface area contributed by atoms with E-state index in [1.807, 2.05) is 25.1 Å². The highest BCUT2D eigenvalue weighted by molar-refractivity contribution is 7.98. The lowest BCUT2D eigenvalue weighted by Gasteiger charge is -2.10. The average Bonchev–Trinajstić information content (AvgIpc) is 2.54. The lowest BCUT2D eigenvalue weighted by Crippen LogP contribution is -1.99. The Kier molecular flexibility index (Phi) is 5.57. The number of hydrogen-bond acceptors (Lipinski definition) is 6. The highest BCUT2D eigenvalue weighted by Gasteiger charge is 2.08. The molecule has 2 aromatic rings. The zero-order chi connectivity index (χ0) is 15.1. The van der Waals surface area contributed by atoms with Crippen LogP contribution in [0.2, 0.25) is 0 Å². The van der Waals surface area contributed by atoms with Crippen LogP contribution in [-0.2, 0) is 10.6 Å². The Morgan fingerprint density at radius 2 is 2.00 bits per heavy atom. The van der Waals surface area contributed by atoms with Gasteiger partial charge in [0, 0.05) is 23.7 Å². The summed E-state index contributed by atoms with van der Waals surface area (Å²) < 4.78 is 5.40. The fraction of sp³-hybridized carbons (Fsp3) is 0.267. The molecule has 21 heavy (non-hydrogen) atoms. The quantitative estimate of drug-likeness (QED) is 0.355. The molecular formula is C15H17N3O2S. The minimum Gasteiger partial charge on any atom is -0.496 e. The second-order valence-electron chi connectivity index (χ2n) is 4.21. The topological polar surface area (TPSA) is 56.6 Å². The molecule has 0 bridgehead atoms. The first kappa shape index (κ1) is 15.3. The summed E-state index contributed by atoms with van der Waals surface area (Å²) in [4.78, 5) is 13.2. The van der Waals surface area contributed by atoms with Crippen molar-refractivity contribution in [1.82, 2.24) is 9.97 Å². The third kappa shape index (κ3) is 4.19. The van der Waals surface area contributed by atoms with Crippen molar-refractivity contribution in [2.24, 2.45) is 5.16 Å². The van der Waals surface area contributed by atoms with Gasteiger partial charge in [0.15, 0.2) is 5.16 Å². The van der Waals surface area contributed by atoms with Crippen LogP contribution in [0, 0.1) is 0 Å². The minimum atomic E-state index is 0.724. The molecule has 5 nitrogen and oxygen atoms in total. The maximum Gasteiger partial charge on any atom is 0.187 e. The van der Waals surface area contributed by atoms with Crippen molar-refractivity contribution in [1.29, 1.82) is 0 Å². The third-order valence-corrected chi connectivity index (χ3v) is 3.75. The van der Waals surface area contributed by atoms with Crippen LogP contribution in [0.3, 0.4) is 0 Å². The van der Waals surface area contributed by atoms with Gasteiger partial charge in [-0.3, -0.25) is 0 Å². The number of aromatic nitrogens is 2. The van der Waals surface area contributed by atoms with E-state index in [0.29, 0.717) is 0 Å². The molecule has 0 aliphatic carbocycles. The summed E-state index contributed by atoms with van der Waals surface area (Å²) in [6.07, 6.45) is 3.47. The maximum absolute atomic E-state index is 5.40. The van der Waals surface area contributed by atoms with Gasteiger partial charge >= 0.3 is 0 Å². The molecule has 6 heteroatoms. The molecule has 0 atom stereocenters. The van der Waals surface area contributed by atoms with Crippen LogP contribution < -0.4 is 4.74 Å². The Morgan fingerprint density at radius 3 is 2.67 bits per heavy atom. The fourth-order valence-corrected chi connectivity index (χ4v) is 2.59. The first-order chi connectivity index (χ1) is 10.2. The molecule has 0 spiro atoms. The molecular weight excluding hydrogens is 286 g/mol. The van der Waals surface area contributed by atoms with Crippen LogP contribution in [0.15, 0.2) is 47.0 Å². The van der Waals surface area contributed by atoms with Gasteiger partial charge in [-0.05, 0) is 36.8 Å². The number of oxime groups is 1. The van der Waals surface area contributed by atoms with Gasteiger partial charge < -0.3 is 9.57 Å². The van der Waals surface area contributed by atoms with Crippen LogP contribution in [0.4, 0.5) is 0 Å². The van der Waals surface area contributed by atoms with E-state index in [9.17, 15) is 0 Å². The van der Waals surface area contributed by atoms with E-state index in [0.717, 1.165) is 33.5 Å². The van der Waals surface area contributed by atoms with Gasteiger partial charge in [0.1, 0.15) is 12.9 Å². The second kappa shape index (κ2) is 7.64. The molecule has 0 aliphatic rings. The van der Waals surface area contributed by atoms with Crippen molar-refractivity contribution in [3.05, 3.63) is 47.8 Å². The molecule has 0 amide bonds. The van der Waals surface area contributed by atoms with Crippen LogP contribution in [-0.4, -0.2) is 29.9 Å². The zero-order valence-corrected chi connectivity index (χ0v) is 13.1. The first-order valence-corrected chi connectivity index (χ1v) is 7.38. The Morgan fingerprint density at radius 1 is 1.24 bits per heavy atom. The van der Waals surface area contributed by atoms with Gasteiger partial charge in [-0.15, -0.1) is 0 Å². The number of methoxy groups -OCH3 is 1. The first-order valence-electron chi connectivity index (χ1n) is 6.39. The summed E-state index contributed by atoms with van der Waals surface area (Å²) in [7, 11) is 3.20. The average molecular weight is 303 g/mol. The van der Waals surface area contributed by atoms with Gasteiger partial charge in [0.25, 0.3) is 0 Å². The number of rotatable bonds is 6. The van der Waals surface area contributed by atoms with E-state index in [2.05, 4.69) is 15.1 Å². The van der Waals surface area contributed by atoms with E-state index in [1.54, 1.807) is 37.3 Å². The van der Waals surface area contributed by atoms with Crippen LogP contribution in [0.25, 0.3) is 0 Å². The van der Waals surface area contributed by atoms with Gasteiger partial charge in [0.2, 0.25) is 0 Å². The van der Waals surface area contributed by atoms with Crippen molar-refractivity contribution >= 4 is 17.5 Å². The monoisotopic (exact) mass is 303 g/mol. The van der Waals surface area contributed by atoms with E-state index < -0.39 is 0 Å². The number of nitrogens with zero attached hydrogens (tertiary/aromatic N) is 3. The van der Waals surface area contributed by atoms with E-state index in [1.165, 1.54) is 7.11 Å². The highest BCUT2D eigenvalue weighted by atomic mass is 32.2. The van der Waals surface area contributed by atoms with Crippen molar-refractivity contribution in [3.8, 4) is 5.75 Å². The molecule has 0 aliphatic heterocycles. The molecule has 0 radical (unpaired) electrons. The van der Waals surface area contributed by atoms with Crippen molar-refractivity contribution < 1.29 is 9.57 Å². The summed E-state index contributed by atoms with van der Waals surface area (Å²) >= 11 is 1.56. The van der Waals surface area contributed by atoms with Gasteiger partial charge in [-0.25, -0.2) is 9.97 Å². The molecule has 1 heterocycles. The molecule has 1 aromatic heterocycles. The highest BCUT2D eigenvalue weighted by Crippen LogP contribution is 2.27. The van der Waals surface area contributed by atoms with Crippen LogP contribution >= 0.6 is 11.8 Å². The predicted octanol–water partition coefficient (Wildman–Crippen LogP) is 3.15. The summed E-state index contributed by atoms with van der Waals surface area (Å²) in [5, 5.41) is 4.70. The normalized spacial score (nSPS) is 11.3. The smallest absolute Gasteiger partial charge is 0.187 e. The summed E-state index contributed by atoms with van der Waals surface area (Å²) in [5.41, 5.74) is 2.89. The van der Waals surface area contributed by atoms with Crippen molar-refractivity contribution in [2.75, 3.05) is 14.2 Å². The van der Waals surface area contributed by atoms with E-state index in [-0.39, 0.29) is 0 Å². The Bertz CT molecular complexity index is 618. The molecule has 2 rings (SSSR count). The molecule has 0 saturated heterocycles. The fourth-order valence-electron chi connectivity index (χ4n) is 1.81. The molecule has 0 N–H and O–H groups in total. The van der Waals surface area contributed by atoms with Crippen LogP contribution in [0.1, 0.15) is 18.1 Å². The number of hydrogen-bond donors (Lipinski definition) is 0. The van der Waals surface area contributed by atoms with Crippen molar-refractivity contribution in [2.45, 2.75) is 17.8 Å². The summed E-state index contributed by atoms with van der Waals surface area (Å²) in [6.45, 7) is 1.91. The number of benzene rings is 1. The number of thioether (sulfide) groups is 1. The molecule has 0 fully saturated rings. The zero-order valence-electron chi connectivity index (χ0n) is 12.2. The summed E-state index contributed by atoms with van der Waals surface area (Å²) in [6, 6.07) is 7.75. The largest absolute Gasteiger partial charge is 0.496 e. The second-order valence-corrected chi connectivity index (χ2v) is 5.15. The van der Waals surface area contributed by atoms with E-state index in [4.69, 9.17) is 9.57 Å². The molecule has 0 saturated carbocycles. The van der Waals surface area contributed by atoms with Crippen LogP contribution in [0.5, 0.6) is 5.75 Å².